The first-order chi connectivity index (χ1) is 12.5. The van der Waals surface area contributed by atoms with E-state index in [1.165, 1.54) is 12.5 Å². The van der Waals surface area contributed by atoms with Crippen molar-refractivity contribution < 1.29 is 9.53 Å². The van der Waals surface area contributed by atoms with Crippen molar-refractivity contribution in [1.82, 2.24) is 10.2 Å². The number of halogens is 1. The second kappa shape index (κ2) is 12.2. The number of hydrogen-bond donors (Lipinski definition) is 2. The molecule has 0 heterocycles. The van der Waals surface area contributed by atoms with Crippen LogP contribution in [0, 0.1) is 0 Å². The normalized spacial score (nSPS) is 10.6. The van der Waals surface area contributed by atoms with Gasteiger partial charge in [-0.05, 0) is 17.7 Å². The van der Waals surface area contributed by atoms with E-state index in [1.807, 2.05) is 55.4 Å². The number of ether oxygens (including phenoxy) is 1. The van der Waals surface area contributed by atoms with Crippen LogP contribution in [0.1, 0.15) is 12.5 Å². The van der Waals surface area contributed by atoms with E-state index in [1.54, 1.807) is 6.07 Å². The summed E-state index contributed by atoms with van der Waals surface area (Å²) in [6.45, 7) is 3.22. The molecule has 27 heavy (non-hydrogen) atoms. The van der Waals surface area contributed by atoms with Gasteiger partial charge in [-0.3, -0.25) is 4.79 Å². The van der Waals surface area contributed by atoms with Crippen molar-refractivity contribution in [2.24, 2.45) is 4.99 Å². The van der Waals surface area contributed by atoms with Crippen molar-refractivity contribution in [2.75, 3.05) is 32.6 Å². The molecule has 0 radical (unpaired) electrons. The average molecular weight is 482 g/mol. The van der Waals surface area contributed by atoms with Crippen molar-refractivity contribution >= 4 is 41.5 Å². The van der Waals surface area contributed by atoms with Crippen LogP contribution >= 0.6 is 24.0 Å². The maximum Gasteiger partial charge on any atom is 0.221 e. The number of guanidine groups is 1. The van der Waals surface area contributed by atoms with Crippen molar-refractivity contribution in [3.8, 4) is 5.75 Å². The van der Waals surface area contributed by atoms with Crippen LogP contribution in [0.3, 0.4) is 0 Å². The molecule has 0 spiro atoms. The molecule has 6 nitrogen and oxygen atoms in total. The van der Waals surface area contributed by atoms with Gasteiger partial charge >= 0.3 is 0 Å². The summed E-state index contributed by atoms with van der Waals surface area (Å²) in [6, 6.07) is 17.5. The molecule has 7 heteroatoms. The molecule has 0 aromatic heterocycles. The predicted octanol–water partition coefficient (Wildman–Crippen LogP) is 3.35. The van der Waals surface area contributed by atoms with E-state index in [2.05, 4.69) is 27.8 Å². The van der Waals surface area contributed by atoms with E-state index in [9.17, 15) is 4.79 Å². The molecule has 0 unspecified atom stereocenters. The lowest BCUT2D eigenvalue weighted by molar-refractivity contribution is -0.114. The molecule has 0 atom stereocenters. The van der Waals surface area contributed by atoms with Gasteiger partial charge in [-0.1, -0.05) is 36.4 Å². The van der Waals surface area contributed by atoms with Gasteiger partial charge in [-0.15, -0.1) is 24.0 Å². The van der Waals surface area contributed by atoms with E-state index in [0.29, 0.717) is 25.4 Å². The Bertz CT molecular complexity index is 736. The number of benzene rings is 2. The molecule has 2 aromatic carbocycles. The molecule has 146 valence electrons. The summed E-state index contributed by atoms with van der Waals surface area (Å²) < 4.78 is 5.73. The highest BCUT2D eigenvalue weighted by atomic mass is 127. The fourth-order valence-corrected chi connectivity index (χ4v) is 2.30. The highest BCUT2D eigenvalue weighted by Gasteiger charge is 2.02. The number of rotatable bonds is 7. The number of carbonyl (C=O) groups excluding carboxylic acids is 1. The second-order valence-electron chi connectivity index (χ2n) is 6.00. The number of hydrogen-bond acceptors (Lipinski definition) is 3. The Morgan fingerprint density at radius 1 is 1.11 bits per heavy atom. The maximum atomic E-state index is 11.1. The van der Waals surface area contributed by atoms with Crippen molar-refractivity contribution in [3.05, 3.63) is 60.2 Å². The Labute approximate surface area is 178 Å². The minimum Gasteiger partial charge on any atom is -0.492 e. The standard InChI is InChI=1S/C20H26N4O2.HI/c1-16(25)23-18-10-7-11-19(14-18)26-13-12-21-20(24(2)3)22-15-17-8-5-4-6-9-17;/h4-11,14H,12-13,15H2,1-3H3,(H,21,22)(H,23,25);1H. The largest absolute Gasteiger partial charge is 0.492 e. The average Bonchev–Trinajstić information content (AvgIpc) is 2.61. The molecule has 0 aliphatic heterocycles. The molecule has 1 amide bonds. The van der Waals surface area contributed by atoms with Crippen LogP contribution in [0.25, 0.3) is 0 Å². The quantitative estimate of drug-likeness (QED) is 0.275. The summed E-state index contributed by atoms with van der Waals surface area (Å²) in [5.41, 5.74) is 1.89. The van der Waals surface area contributed by atoms with Gasteiger partial charge in [0.15, 0.2) is 5.96 Å². The third-order valence-electron chi connectivity index (χ3n) is 3.49. The Morgan fingerprint density at radius 3 is 2.52 bits per heavy atom. The molecular weight excluding hydrogens is 455 g/mol. The summed E-state index contributed by atoms with van der Waals surface area (Å²) >= 11 is 0. The van der Waals surface area contributed by atoms with E-state index >= 15 is 0 Å². The lowest BCUT2D eigenvalue weighted by Gasteiger charge is -2.18. The van der Waals surface area contributed by atoms with Crippen LogP contribution in [-0.2, 0) is 11.3 Å². The first kappa shape index (κ1) is 22.8. The van der Waals surface area contributed by atoms with Crippen molar-refractivity contribution in [2.45, 2.75) is 13.5 Å². The first-order valence-corrected chi connectivity index (χ1v) is 8.54. The minimum atomic E-state index is -0.103. The van der Waals surface area contributed by atoms with E-state index in [0.717, 1.165) is 11.6 Å². The number of carbonyl (C=O) groups is 1. The number of nitrogens with zero attached hydrogens (tertiary/aromatic N) is 2. The number of amides is 1. The maximum absolute atomic E-state index is 11.1. The molecule has 0 fully saturated rings. The molecule has 0 saturated heterocycles. The molecule has 0 aliphatic rings. The van der Waals surface area contributed by atoms with Gasteiger partial charge in [0.25, 0.3) is 0 Å². The molecular formula is C20H27IN4O2. The number of aliphatic imine (C=N–C) groups is 1. The Morgan fingerprint density at radius 2 is 1.85 bits per heavy atom. The van der Waals surface area contributed by atoms with Gasteiger partial charge in [0.1, 0.15) is 12.4 Å². The van der Waals surface area contributed by atoms with Crippen molar-refractivity contribution in [3.63, 3.8) is 0 Å². The summed E-state index contributed by atoms with van der Waals surface area (Å²) in [5, 5.41) is 6.03. The lowest BCUT2D eigenvalue weighted by Crippen LogP contribution is -2.38. The molecule has 2 rings (SSSR count). The smallest absolute Gasteiger partial charge is 0.221 e. The fourth-order valence-electron chi connectivity index (χ4n) is 2.30. The Kier molecular flexibility index (Phi) is 10.2. The summed E-state index contributed by atoms with van der Waals surface area (Å²) in [7, 11) is 3.91. The lowest BCUT2D eigenvalue weighted by atomic mass is 10.2. The van der Waals surface area contributed by atoms with Crippen LogP contribution in [-0.4, -0.2) is 44.0 Å². The third-order valence-corrected chi connectivity index (χ3v) is 3.49. The summed E-state index contributed by atoms with van der Waals surface area (Å²) in [6.07, 6.45) is 0. The van der Waals surface area contributed by atoms with Crippen LogP contribution < -0.4 is 15.4 Å². The zero-order valence-electron chi connectivity index (χ0n) is 15.9. The van der Waals surface area contributed by atoms with Crippen LogP contribution in [0.5, 0.6) is 5.75 Å². The zero-order valence-corrected chi connectivity index (χ0v) is 18.3. The van der Waals surface area contributed by atoms with Crippen molar-refractivity contribution in [1.29, 1.82) is 0 Å². The van der Waals surface area contributed by atoms with E-state index < -0.39 is 0 Å². The van der Waals surface area contributed by atoms with Gasteiger partial charge in [0, 0.05) is 32.8 Å². The van der Waals surface area contributed by atoms with Gasteiger partial charge in [0.2, 0.25) is 5.91 Å². The van der Waals surface area contributed by atoms with Crippen LogP contribution in [0.4, 0.5) is 5.69 Å². The molecule has 2 N–H and O–H groups in total. The number of nitrogens with one attached hydrogen (secondary N) is 2. The number of anilines is 1. The van der Waals surface area contributed by atoms with E-state index in [-0.39, 0.29) is 29.9 Å². The molecule has 2 aromatic rings. The van der Waals surface area contributed by atoms with Gasteiger partial charge in [-0.2, -0.15) is 0 Å². The van der Waals surface area contributed by atoms with Gasteiger partial charge in [-0.25, -0.2) is 4.99 Å². The summed E-state index contributed by atoms with van der Waals surface area (Å²) in [4.78, 5) is 17.7. The predicted molar refractivity (Wildman–Crippen MR) is 121 cm³/mol. The topological polar surface area (TPSA) is 66.0 Å². The summed E-state index contributed by atoms with van der Waals surface area (Å²) in [5.74, 6) is 1.42. The first-order valence-electron chi connectivity index (χ1n) is 8.54. The minimum absolute atomic E-state index is 0. The molecule has 0 saturated carbocycles. The van der Waals surface area contributed by atoms with Crippen LogP contribution in [0.2, 0.25) is 0 Å². The van der Waals surface area contributed by atoms with Gasteiger partial charge in [0.05, 0.1) is 13.1 Å². The Balaban J connectivity index is 0.00000364. The SMILES string of the molecule is CC(=O)Nc1cccc(OCCNC(=NCc2ccccc2)N(C)C)c1.I. The monoisotopic (exact) mass is 482 g/mol. The third kappa shape index (κ3) is 8.76. The van der Waals surface area contributed by atoms with E-state index in [4.69, 9.17) is 4.74 Å². The highest BCUT2D eigenvalue weighted by Crippen LogP contribution is 2.17. The van der Waals surface area contributed by atoms with Gasteiger partial charge < -0.3 is 20.3 Å². The fraction of sp³-hybridized carbons (Fsp3) is 0.300. The molecule has 0 aliphatic carbocycles. The zero-order chi connectivity index (χ0) is 18.8. The van der Waals surface area contributed by atoms with Crippen LogP contribution in [0.15, 0.2) is 59.6 Å². The highest BCUT2D eigenvalue weighted by molar-refractivity contribution is 14.0. The molecule has 0 bridgehead atoms. The second-order valence-corrected chi connectivity index (χ2v) is 6.00. The Hall–Kier alpha value is -2.29.